The van der Waals surface area contributed by atoms with Gasteiger partial charge in [-0.1, -0.05) is 6.07 Å². The maximum Gasteiger partial charge on any atom is 0.157 e. The highest BCUT2D eigenvalue weighted by Crippen LogP contribution is 2.29. The fraction of sp³-hybridized carbons (Fsp3) is 0.0909. The number of benzene rings is 1. The molecule has 0 unspecified atom stereocenters. The molecule has 0 saturated heterocycles. The molecule has 15 heavy (non-hydrogen) atoms. The molecular formula is C11H11NO2S. The van der Waals surface area contributed by atoms with Crippen LogP contribution in [-0.2, 0) is 0 Å². The summed E-state index contributed by atoms with van der Waals surface area (Å²) in [7, 11) is 0. The molecule has 0 spiro atoms. The van der Waals surface area contributed by atoms with Crippen LogP contribution in [0.2, 0.25) is 0 Å². The summed E-state index contributed by atoms with van der Waals surface area (Å²) in [6, 6.07) is 6.31. The lowest BCUT2D eigenvalue weighted by atomic mass is 10.0. The number of aromatic hydroxyl groups is 2. The van der Waals surface area contributed by atoms with Gasteiger partial charge in [-0.2, -0.15) is 11.3 Å². The first-order chi connectivity index (χ1) is 7.18. The maximum absolute atomic E-state index is 9.34. The van der Waals surface area contributed by atoms with Crippen LogP contribution in [0.15, 0.2) is 35.0 Å². The molecule has 0 aliphatic rings. The lowest BCUT2D eigenvalue weighted by Crippen LogP contribution is -2.10. The Morgan fingerprint density at radius 3 is 2.47 bits per heavy atom. The van der Waals surface area contributed by atoms with Gasteiger partial charge >= 0.3 is 0 Å². The van der Waals surface area contributed by atoms with Crippen molar-refractivity contribution in [3.63, 3.8) is 0 Å². The molecule has 3 nitrogen and oxygen atoms in total. The number of phenols is 2. The van der Waals surface area contributed by atoms with Crippen molar-refractivity contribution < 1.29 is 10.2 Å². The first kappa shape index (κ1) is 10.0. The van der Waals surface area contributed by atoms with Gasteiger partial charge in [-0.3, -0.25) is 0 Å². The smallest absolute Gasteiger partial charge is 0.157 e. The average molecular weight is 221 g/mol. The molecule has 0 aliphatic heterocycles. The molecule has 1 aromatic heterocycles. The fourth-order valence-electron chi connectivity index (χ4n) is 1.38. The molecular weight excluding hydrogens is 210 g/mol. The van der Waals surface area contributed by atoms with Gasteiger partial charge in [0.1, 0.15) is 0 Å². The minimum Gasteiger partial charge on any atom is -0.504 e. The first-order valence-electron chi connectivity index (χ1n) is 4.48. The average Bonchev–Trinajstić information content (AvgIpc) is 2.74. The predicted molar refractivity (Wildman–Crippen MR) is 60.1 cm³/mol. The number of nitrogens with two attached hydrogens (primary N) is 1. The summed E-state index contributed by atoms with van der Waals surface area (Å²) < 4.78 is 0. The van der Waals surface area contributed by atoms with E-state index in [1.807, 2.05) is 16.8 Å². The summed E-state index contributed by atoms with van der Waals surface area (Å²) in [5, 5.41) is 22.4. The Hall–Kier alpha value is -1.52. The molecule has 78 valence electrons. The van der Waals surface area contributed by atoms with Gasteiger partial charge in [0.2, 0.25) is 0 Å². The molecule has 0 saturated carbocycles. The summed E-state index contributed by atoms with van der Waals surface area (Å²) in [5.41, 5.74) is 7.78. The second kappa shape index (κ2) is 3.92. The summed E-state index contributed by atoms with van der Waals surface area (Å²) in [6.45, 7) is 0. The second-order valence-electron chi connectivity index (χ2n) is 3.28. The van der Waals surface area contributed by atoms with Crippen LogP contribution in [0, 0.1) is 0 Å². The van der Waals surface area contributed by atoms with Gasteiger partial charge in [0.05, 0.1) is 6.04 Å². The van der Waals surface area contributed by atoms with Crippen molar-refractivity contribution >= 4 is 11.3 Å². The quantitative estimate of drug-likeness (QED) is 0.681. The van der Waals surface area contributed by atoms with Crippen LogP contribution in [0.25, 0.3) is 0 Å². The summed E-state index contributed by atoms with van der Waals surface area (Å²) in [5.74, 6) is -0.269. The van der Waals surface area contributed by atoms with Crippen molar-refractivity contribution in [1.82, 2.24) is 0 Å². The van der Waals surface area contributed by atoms with E-state index in [9.17, 15) is 5.11 Å². The SMILES string of the molecule is N[C@@H](c1ccsc1)c1ccc(O)c(O)c1. The lowest BCUT2D eigenvalue weighted by Gasteiger charge is -2.11. The zero-order valence-electron chi connectivity index (χ0n) is 7.92. The Morgan fingerprint density at radius 1 is 1.07 bits per heavy atom. The van der Waals surface area contributed by atoms with Gasteiger partial charge in [0.15, 0.2) is 11.5 Å². The van der Waals surface area contributed by atoms with E-state index >= 15 is 0 Å². The number of hydrogen-bond acceptors (Lipinski definition) is 4. The molecule has 1 atom stereocenters. The molecule has 0 radical (unpaired) electrons. The summed E-state index contributed by atoms with van der Waals surface area (Å²) in [6.07, 6.45) is 0. The highest BCUT2D eigenvalue weighted by molar-refractivity contribution is 7.08. The highest BCUT2D eigenvalue weighted by Gasteiger charge is 2.11. The van der Waals surface area contributed by atoms with E-state index < -0.39 is 0 Å². The van der Waals surface area contributed by atoms with Crippen molar-refractivity contribution in [3.05, 3.63) is 46.2 Å². The van der Waals surface area contributed by atoms with Crippen molar-refractivity contribution in [3.8, 4) is 11.5 Å². The normalized spacial score (nSPS) is 12.6. The maximum atomic E-state index is 9.34. The van der Waals surface area contributed by atoms with Gasteiger partial charge in [0, 0.05) is 0 Å². The van der Waals surface area contributed by atoms with Gasteiger partial charge in [0.25, 0.3) is 0 Å². The Kier molecular flexibility index (Phi) is 2.62. The predicted octanol–water partition coefficient (Wildman–Crippen LogP) is 2.21. The van der Waals surface area contributed by atoms with Gasteiger partial charge < -0.3 is 15.9 Å². The lowest BCUT2D eigenvalue weighted by molar-refractivity contribution is 0.403. The Labute approximate surface area is 91.4 Å². The zero-order valence-corrected chi connectivity index (χ0v) is 8.74. The molecule has 1 heterocycles. The second-order valence-corrected chi connectivity index (χ2v) is 4.06. The highest BCUT2D eigenvalue weighted by atomic mass is 32.1. The largest absolute Gasteiger partial charge is 0.504 e. The van der Waals surface area contributed by atoms with Crippen LogP contribution in [0.1, 0.15) is 17.2 Å². The molecule has 0 aliphatic carbocycles. The monoisotopic (exact) mass is 221 g/mol. The number of phenolic OH excluding ortho intramolecular Hbond substituents is 2. The van der Waals surface area contributed by atoms with Crippen LogP contribution in [0.4, 0.5) is 0 Å². The minimum atomic E-state index is -0.261. The van der Waals surface area contributed by atoms with Crippen molar-refractivity contribution in [2.75, 3.05) is 0 Å². The third-order valence-corrected chi connectivity index (χ3v) is 2.96. The molecule has 2 aromatic rings. The molecule has 4 heteroatoms. The molecule has 1 aromatic carbocycles. The third-order valence-electron chi connectivity index (χ3n) is 2.26. The summed E-state index contributed by atoms with van der Waals surface area (Å²) in [4.78, 5) is 0. The van der Waals surface area contributed by atoms with Crippen LogP contribution < -0.4 is 5.73 Å². The van der Waals surface area contributed by atoms with Crippen LogP contribution in [0.3, 0.4) is 0 Å². The molecule has 2 rings (SSSR count). The van der Waals surface area contributed by atoms with E-state index in [-0.39, 0.29) is 17.5 Å². The van der Waals surface area contributed by atoms with Crippen LogP contribution in [0.5, 0.6) is 11.5 Å². The number of rotatable bonds is 2. The van der Waals surface area contributed by atoms with Crippen LogP contribution in [-0.4, -0.2) is 10.2 Å². The van der Waals surface area contributed by atoms with Gasteiger partial charge in [-0.05, 0) is 40.1 Å². The molecule has 4 N–H and O–H groups in total. The number of thiophene rings is 1. The van der Waals surface area contributed by atoms with E-state index in [1.54, 1.807) is 17.4 Å². The fourth-order valence-corrected chi connectivity index (χ4v) is 2.07. The summed E-state index contributed by atoms with van der Waals surface area (Å²) >= 11 is 1.58. The standard InChI is InChI=1S/C11H11NO2S/c12-11(8-3-4-15-6-8)7-1-2-9(13)10(14)5-7/h1-6,11,13-14H,12H2/t11-/m1/s1. The van der Waals surface area contributed by atoms with E-state index in [4.69, 9.17) is 10.8 Å². The molecule has 0 amide bonds. The van der Waals surface area contributed by atoms with Crippen molar-refractivity contribution in [2.45, 2.75) is 6.04 Å². The first-order valence-corrected chi connectivity index (χ1v) is 5.42. The molecule has 0 bridgehead atoms. The van der Waals surface area contributed by atoms with E-state index in [0.29, 0.717) is 0 Å². The minimum absolute atomic E-state index is 0.128. The Morgan fingerprint density at radius 2 is 1.87 bits per heavy atom. The van der Waals surface area contributed by atoms with Gasteiger partial charge in [-0.15, -0.1) is 0 Å². The zero-order chi connectivity index (χ0) is 10.8. The molecule has 0 fully saturated rings. The number of hydrogen-bond donors (Lipinski definition) is 3. The van der Waals surface area contributed by atoms with E-state index in [0.717, 1.165) is 11.1 Å². The van der Waals surface area contributed by atoms with E-state index in [1.165, 1.54) is 12.1 Å². The van der Waals surface area contributed by atoms with Crippen molar-refractivity contribution in [2.24, 2.45) is 5.73 Å². The van der Waals surface area contributed by atoms with Crippen LogP contribution >= 0.6 is 11.3 Å². The third kappa shape index (κ3) is 1.95. The van der Waals surface area contributed by atoms with E-state index in [2.05, 4.69) is 0 Å². The Balaban J connectivity index is 2.34. The van der Waals surface area contributed by atoms with Gasteiger partial charge in [-0.25, -0.2) is 0 Å². The topological polar surface area (TPSA) is 66.5 Å². The Bertz CT molecular complexity index is 454. The van der Waals surface area contributed by atoms with Crippen molar-refractivity contribution in [1.29, 1.82) is 0 Å².